The third-order valence-corrected chi connectivity index (χ3v) is 6.42. The minimum absolute atomic E-state index is 0.192. The van der Waals surface area contributed by atoms with Gasteiger partial charge in [-0.2, -0.15) is 0 Å². The fraction of sp³-hybridized carbons (Fsp3) is 0.435. The van der Waals surface area contributed by atoms with E-state index in [4.69, 9.17) is 9.72 Å². The van der Waals surface area contributed by atoms with Gasteiger partial charge in [-0.25, -0.2) is 9.78 Å². The molecule has 0 radical (unpaired) electrons. The summed E-state index contributed by atoms with van der Waals surface area (Å²) in [4.78, 5) is 32.9. The summed E-state index contributed by atoms with van der Waals surface area (Å²) in [5, 5.41) is 0.574. The minimum atomic E-state index is -1.14. The van der Waals surface area contributed by atoms with Crippen LogP contribution in [0.15, 0.2) is 23.0 Å². The summed E-state index contributed by atoms with van der Waals surface area (Å²) in [5.74, 6) is 0.158. The molecule has 29 heavy (non-hydrogen) atoms. The lowest BCUT2D eigenvalue weighted by Gasteiger charge is -2.27. The van der Waals surface area contributed by atoms with E-state index >= 15 is 0 Å². The number of aryl methyl sites for hydroxylation is 4. The lowest BCUT2D eigenvalue weighted by molar-refractivity contribution is -0.152. The van der Waals surface area contributed by atoms with Crippen LogP contribution >= 0.6 is 11.3 Å². The highest BCUT2D eigenvalue weighted by Crippen LogP contribution is 2.37. The first kappa shape index (κ1) is 21.2. The number of rotatable bonds is 5. The third kappa shape index (κ3) is 3.50. The van der Waals surface area contributed by atoms with E-state index in [9.17, 15) is 9.59 Å². The van der Waals surface area contributed by atoms with Gasteiger partial charge in [-0.3, -0.25) is 9.36 Å². The zero-order valence-corrected chi connectivity index (χ0v) is 19.0. The summed E-state index contributed by atoms with van der Waals surface area (Å²) in [6, 6.07) is 6.23. The summed E-state index contributed by atoms with van der Waals surface area (Å²) in [6.45, 7) is 13.6. The SMILES string of the molecule is CCOC(=O)C(C)(C)n1c(CC)nc2sc(C)c(-c3ccc(C)c(C)c3)c2c1=O. The van der Waals surface area contributed by atoms with Crippen LogP contribution in [0.4, 0.5) is 0 Å². The van der Waals surface area contributed by atoms with Gasteiger partial charge < -0.3 is 4.74 Å². The van der Waals surface area contributed by atoms with Gasteiger partial charge in [0.15, 0.2) is 0 Å². The molecule has 1 aromatic carbocycles. The fourth-order valence-corrected chi connectivity index (χ4v) is 4.72. The monoisotopic (exact) mass is 412 g/mol. The highest BCUT2D eigenvalue weighted by atomic mass is 32.1. The molecule has 3 aromatic rings. The molecule has 0 saturated heterocycles. The molecule has 0 unspecified atom stereocenters. The summed E-state index contributed by atoms with van der Waals surface area (Å²) in [6.07, 6.45) is 0.546. The molecule has 0 spiro atoms. The number of thiophene rings is 1. The van der Waals surface area contributed by atoms with Crippen LogP contribution in [0.3, 0.4) is 0 Å². The van der Waals surface area contributed by atoms with Crippen LogP contribution in [0, 0.1) is 20.8 Å². The van der Waals surface area contributed by atoms with Crippen LogP contribution in [0.2, 0.25) is 0 Å². The van der Waals surface area contributed by atoms with Gasteiger partial charge in [0.1, 0.15) is 16.2 Å². The Labute approximate surface area is 175 Å². The molecule has 0 aliphatic carbocycles. The molecule has 0 fully saturated rings. The number of ether oxygens (including phenoxy) is 1. The van der Waals surface area contributed by atoms with Crippen molar-refractivity contribution in [2.45, 2.75) is 60.4 Å². The normalized spacial score (nSPS) is 11.8. The zero-order chi connectivity index (χ0) is 21.5. The van der Waals surface area contributed by atoms with Crippen molar-refractivity contribution in [3.63, 3.8) is 0 Å². The molecular weight excluding hydrogens is 384 g/mol. The Kier molecular flexibility index (Phi) is 5.68. The number of hydrogen-bond donors (Lipinski definition) is 0. The average molecular weight is 413 g/mol. The van der Waals surface area contributed by atoms with E-state index in [1.54, 1.807) is 20.8 Å². The predicted octanol–water partition coefficient (Wildman–Crippen LogP) is 4.91. The Morgan fingerprint density at radius 1 is 1.17 bits per heavy atom. The topological polar surface area (TPSA) is 61.2 Å². The minimum Gasteiger partial charge on any atom is -0.464 e. The molecule has 2 aromatic heterocycles. The van der Waals surface area contributed by atoms with E-state index in [2.05, 4.69) is 26.0 Å². The second kappa shape index (κ2) is 7.75. The molecule has 0 N–H and O–H groups in total. The van der Waals surface area contributed by atoms with Crippen LogP contribution in [-0.4, -0.2) is 22.1 Å². The number of carbonyl (C=O) groups excluding carboxylic acids is 1. The Hall–Kier alpha value is -2.47. The summed E-state index contributed by atoms with van der Waals surface area (Å²) in [5.41, 5.74) is 2.95. The highest BCUT2D eigenvalue weighted by molar-refractivity contribution is 7.19. The van der Waals surface area contributed by atoms with E-state index in [1.165, 1.54) is 27.0 Å². The Morgan fingerprint density at radius 2 is 1.86 bits per heavy atom. The van der Waals surface area contributed by atoms with Crippen molar-refractivity contribution in [1.29, 1.82) is 0 Å². The number of benzene rings is 1. The molecule has 3 rings (SSSR count). The van der Waals surface area contributed by atoms with E-state index in [-0.39, 0.29) is 12.2 Å². The molecule has 0 aliphatic heterocycles. The smallest absolute Gasteiger partial charge is 0.331 e. The van der Waals surface area contributed by atoms with Crippen LogP contribution in [-0.2, 0) is 21.5 Å². The number of nitrogens with zero attached hydrogens (tertiary/aromatic N) is 2. The number of aromatic nitrogens is 2. The molecule has 0 atom stereocenters. The maximum Gasteiger partial charge on any atom is 0.331 e. The molecule has 0 amide bonds. The fourth-order valence-electron chi connectivity index (χ4n) is 3.66. The summed E-state index contributed by atoms with van der Waals surface area (Å²) in [7, 11) is 0. The van der Waals surface area contributed by atoms with Crippen molar-refractivity contribution in [2.24, 2.45) is 0 Å². The van der Waals surface area contributed by atoms with Crippen LogP contribution < -0.4 is 5.56 Å². The lowest BCUT2D eigenvalue weighted by Crippen LogP contribution is -2.45. The van der Waals surface area contributed by atoms with E-state index in [0.29, 0.717) is 22.5 Å². The third-order valence-electron chi connectivity index (χ3n) is 5.42. The maximum atomic E-state index is 13.7. The molecule has 0 bridgehead atoms. The molecule has 0 saturated carbocycles. The van der Waals surface area contributed by atoms with Crippen molar-refractivity contribution in [3.05, 3.63) is 50.4 Å². The van der Waals surface area contributed by atoms with Gasteiger partial charge in [0, 0.05) is 16.9 Å². The van der Waals surface area contributed by atoms with Crippen LogP contribution in [0.5, 0.6) is 0 Å². The molecule has 154 valence electrons. The average Bonchev–Trinajstić information content (AvgIpc) is 2.99. The molecule has 0 aliphatic rings. The van der Waals surface area contributed by atoms with E-state index < -0.39 is 11.5 Å². The Balaban J connectivity index is 2.38. The number of hydrogen-bond acceptors (Lipinski definition) is 5. The van der Waals surface area contributed by atoms with Gasteiger partial charge in [-0.1, -0.05) is 25.1 Å². The van der Waals surface area contributed by atoms with Gasteiger partial charge in [0.25, 0.3) is 5.56 Å². The van der Waals surface area contributed by atoms with E-state index in [1.807, 2.05) is 19.9 Å². The summed E-state index contributed by atoms with van der Waals surface area (Å²) < 4.78 is 6.77. The highest BCUT2D eigenvalue weighted by Gasteiger charge is 2.35. The number of fused-ring (bicyclic) bond motifs is 1. The molecule has 5 nitrogen and oxygen atoms in total. The van der Waals surface area contributed by atoms with Crippen molar-refractivity contribution in [1.82, 2.24) is 9.55 Å². The maximum absolute atomic E-state index is 13.7. The largest absolute Gasteiger partial charge is 0.464 e. The Bertz CT molecular complexity index is 1160. The molecule has 6 heteroatoms. The molecular formula is C23H28N2O3S. The van der Waals surface area contributed by atoms with Crippen LogP contribution in [0.1, 0.15) is 49.5 Å². The standard InChI is InChI=1S/C23H28N2O3S/c1-8-17-24-20-19(21(26)25(17)23(6,7)22(27)28-9-2)18(15(5)29-20)16-11-10-13(3)14(4)12-16/h10-12H,8-9H2,1-7H3. The second-order valence-electron chi connectivity index (χ2n) is 7.81. The quantitative estimate of drug-likeness (QED) is 0.559. The van der Waals surface area contributed by atoms with Crippen molar-refractivity contribution >= 4 is 27.5 Å². The van der Waals surface area contributed by atoms with Gasteiger partial charge in [0.05, 0.1) is 12.0 Å². The van der Waals surface area contributed by atoms with Crippen molar-refractivity contribution in [2.75, 3.05) is 6.61 Å². The first-order valence-electron chi connectivity index (χ1n) is 9.93. The summed E-state index contributed by atoms with van der Waals surface area (Å²) >= 11 is 1.52. The van der Waals surface area contributed by atoms with Gasteiger partial charge in [-0.15, -0.1) is 11.3 Å². The first-order chi connectivity index (χ1) is 13.6. The second-order valence-corrected chi connectivity index (χ2v) is 9.02. The van der Waals surface area contributed by atoms with Gasteiger partial charge >= 0.3 is 5.97 Å². The van der Waals surface area contributed by atoms with Crippen LogP contribution in [0.25, 0.3) is 21.3 Å². The van der Waals surface area contributed by atoms with Gasteiger partial charge in [-0.05, 0) is 58.2 Å². The number of esters is 1. The van der Waals surface area contributed by atoms with Gasteiger partial charge in [0.2, 0.25) is 0 Å². The lowest BCUT2D eigenvalue weighted by atomic mass is 9.98. The number of carbonyl (C=O) groups is 1. The first-order valence-corrected chi connectivity index (χ1v) is 10.7. The predicted molar refractivity (Wildman–Crippen MR) is 119 cm³/mol. The zero-order valence-electron chi connectivity index (χ0n) is 18.2. The Morgan fingerprint density at radius 3 is 2.45 bits per heavy atom. The molecule has 2 heterocycles. The van der Waals surface area contributed by atoms with Crippen molar-refractivity contribution < 1.29 is 9.53 Å². The van der Waals surface area contributed by atoms with E-state index in [0.717, 1.165) is 16.0 Å². The van der Waals surface area contributed by atoms with Crippen molar-refractivity contribution in [3.8, 4) is 11.1 Å².